The maximum Gasteiger partial charge on any atom is 0.255 e. The van der Waals surface area contributed by atoms with Crippen LogP contribution in [0.1, 0.15) is 42.3 Å². The number of anilines is 1. The van der Waals surface area contributed by atoms with Crippen LogP contribution in [-0.4, -0.2) is 11.0 Å². The van der Waals surface area contributed by atoms with Crippen molar-refractivity contribution in [1.29, 1.82) is 0 Å². The molecule has 0 aliphatic rings. The van der Waals surface area contributed by atoms with Gasteiger partial charge in [-0.1, -0.05) is 32.9 Å². The van der Waals surface area contributed by atoms with Crippen molar-refractivity contribution in [2.75, 3.05) is 5.32 Å². The number of phenolic OH excluding ortho intramolecular Hbond substituents is 1. The van der Waals surface area contributed by atoms with Crippen molar-refractivity contribution >= 4 is 11.6 Å². The molecule has 0 aliphatic heterocycles. The van der Waals surface area contributed by atoms with Gasteiger partial charge in [0.15, 0.2) is 0 Å². The van der Waals surface area contributed by atoms with E-state index in [4.69, 9.17) is 0 Å². The predicted octanol–water partition coefficient (Wildman–Crippen LogP) is 4.25. The summed E-state index contributed by atoms with van der Waals surface area (Å²) in [5, 5.41) is 12.3. The van der Waals surface area contributed by atoms with Crippen LogP contribution in [0.5, 0.6) is 5.75 Å². The van der Waals surface area contributed by atoms with Crippen LogP contribution in [0.15, 0.2) is 42.5 Å². The minimum absolute atomic E-state index is 0.0933. The number of nitrogens with one attached hydrogen (secondary N) is 1. The molecule has 110 valence electrons. The summed E-state index contributed by atoms with van der Waals surface area (Å²) in [5.41, 5.74) is 3.39. The van der Waals surface area contributed by atoms with Crippen LogP contribution in [0.3, 0.4) is 0 Å². The van der Waals surface area contributed by atoms with Gasteiger partial charge in [0.1, 0.15) is 5.75 Å². The van der Waals surface area contributed by atoms with E-state index in [2.05, 4.69) is 26.1 Å². The zero-order valence-electron chi connectivity index (χ0n) is 12.9. The molecule has 0 unspecified atom stereocenters. The standard InChI is InChI=1S/C18H21NO2/c1-12-11-15(20)9-10-16(12)17(21)19-14-7-5-13(6-8-14)18(2,3)4/h5-11,20H,1-4H3,(H,19,21). The quantitative estimate of drug-likeness (QED) is 0.865. The van der Waals surface area contributed by atoms with Crippen LogP contribution in [0.2, 0.25) is 0 Å². The van der Waals surface area contributed by atoms with E-state index in [9.17, 15) is 9.90 Å². The number of benzene rings is 2. The van der Waals surface area contributed by atoms with Gasteiger partial charge in [-0.2, -0.15) is 0 Å². The summed E-state index contributed by atoms with van der Waals surface area (Å²) in [6.45, 7) is 8.26. The Labute approximate surface area is 125 Å². The highest BCUT2D eigenvalue weighted by Crippen LogP contribution is 2.24. The molecule has 1 amide bonds. The van der Waals surface area contributed by atoms with Gasteiger partial charge in [-0.3, -0.25) is 4.79 Å². The maximum atomic E-state index is 12.2. The molecule has 2 aromatic carbocycles. The van der Waals surface area contributed by atoms with E-state index in [1.807, 2.05) is 24.3 Å². The van der Waals surface area contributed by atoms with Crippen molar-refractivity contribution in [3.05, 3.63) is 59.2 Å². The molecule has 0 aliphatic carbocycles. The van der Waals surface area contributed by atoms with Crippen LogP contribution >= 0.6 is 0 Å². The van der Waals surface area contributed by atoms with Gasteiger partial charge in [0.2, 0.25) is 0 Å². The van der Waals surface area contributed by atoms with E-state index in [1.54, 1.807) is 19.1 Å². The number of phenols is 1. The van der Waals surface area contributed by atoms with Crippen molar-refractivity contribution in [2.24, 2.45) is 0 Å². The third kappa shape index (κ3) is 3.63. The fourth-order valence-electron chi connectivity index (χ4n) is 2.15. The largest absolute Gasteiger partial charge is 0.508 e. The third-order valence-corrected chi connectivity index (χ3v) is 3.46. The van der Waals surface area contributed by atoms with Crippen LogP contribution in [0.25, 0.3) is 0 Å². The molecule has 0 aromatic heterocycles. The second-order valence-corrected chi connectivity index (χ2v) is 6.28. The smallest absolute Gasteiger partial charge is 0.255 e. The molecule has 2 N–H and O–H groups in total. The number of carbonyl (C=O) groups is 1. The van der Waals surface area contributed by atoms with Gasteiger partial charge in [0.25, 0.3) is 5.91 Å². The van der Waals surface area contributed by atoms with Crippen molar-refractivity contribution in [1.82, 2.24) is 0 Å². The van der Waals surface area contributed by atoms with Gasteiger partial charge in [-0.25, -0.2) is 0 Å². The first-order valence-corrected chi connectivity index (χ1v) is 6.99. The van der Waals surface area contributed by atoms with Gasteiger partial charge in [0.05, 0.1) is 0 Å². The number of rotatable bonds is 2. The van der Waals surface area contributed by atoms with Gasteiger partial charge in [-0.05, 0) is 53.8 Å². The normalized spacial score (nSPS) is 11.2. The minimum Gasteiger partial charge on any atom is -0.508 e. The summed E-state index contributed by atoms with van der Waals surface area (Å²) in [6.07, 6.45) is 0. The van der Waals surface area contributed by atoms with Gasteiger partial charge < -0.3 is 10.4 Å². The molecule has 0 spiro atoms. The Morgan fingerprint density at radius 1 is 1.05 bits per heavy atom. The van der Waals surface area contributed by atoms with Gasteiger partial charge >= 0.3 is 0 Å². The van der Waals surface area contributed by atoms with Crippen LogP contribution in [0, 0.1) is 6.92 Å². The van der Waals surface area contributed by atoms with Crippen molar-refractivity contribution in [3.8, 4) is 5.75 Å². The van der Waals surface area contributed by atoms with Crippen molar-refractivity contribution in [2.45, 2.75) is 33.1 Å². The average Bonchev–Trinajstić information content (AvgIpc) is 2.38. The van der Waals surface area contributed by atoms with E-state index in [1.165, 1.54) is 11.6 Å². The van der Waals surface area contributed by atoms with Crippen LogP contribution in [0.4, 0.5) is 5.69 Å². The van der Waals surface area contributed by atoms with E-state index >= 15 is 0 Å². The summed E-state index contributed by atoms with van der Waals surface area (Å²) in [4.78, 5) is 12.2. The highest BCUT2D eigenvalue weighted by Gasteiger charge is 2.14. The Morgan fingerprint density at radius 2 is 1.67 bits per heavy atom. The molecular formula is C18H21NO2. The SMILES string of the molecule is Cc1cc(O)ccc1C(=O)Nc1ccc(C(C)(C)C)cc1. The Morgan fingerprint density at radius 3 is 2.19 bits per heavy atom. The summed E-state index contributed by atoms with van der Waals surface area (Å²) >= 11 is 0. The lowest BCUT2D eigenvalue weighted by atomic mass is 9.87. The van der Waals surface area contributed by atoms with E-state index in [0.29, 0.717) is 5.56 Å². The van der Waals surface area contributed by atoms with Crippen molar-refractivity contribution < 1.29 is 9.90 Å². The number of hydrogen-bond acceptors (Lipinski definition) is 2. The van der Waals surface area contributed by atoms with Gasteiger partial charge in [-0.15, -0.1) is 0 Å². The number of hydrogen-bond donors (Lipinski definition) is 2. The number of carbonyl (C=O) groups excluding carboxylic acids is 1. The molecule has 3 heteroatoms. The molecule has 2 aromatic rings. The highest BCUT2D eigenvalue weighted by molar-refractivity contribution is 6.05. The Balaban J connectivity index is 2.16. The first-order chi connectivity index (χ1) is 9.77. The molecule has 0 radical (unpaired) electrons. The summed E-state index contributed by atoms with van der Waals surface area (Å²) in [5.74, 6) is -0.00501. The second kappa shape index (κ2) is 5.60. The lowest BCUT2D eigenvalue weighted by Gasteiger charge is -2.19. The van der Waals surface area contributed by atoms with Gasteiger partial charge in [0, 0.05) is 11.3 Å². The minimum atomic E-state index is -0.170. The number of aromatic hydroxyl groups is 1. The first-order valence-electron chi connectivity index (χ1n) is 6.99. The molecule has 3 nitrogen and oxygen atoms in total. The summed E-state index contributed by atoms with van der Waals surface area (Å²) in [7, 11) is 0. The Bertz CT molecular complexity index is 652. The monoisotopic (exact) mass is 283 g/mol. The van der Waals surface area contributed by atoms with E-state index < -0.39 is 0 Å². The summed E-state index contributed by atoms with van der Waals surface area (Å²) in [6, 6.07) is 12.6. The first kappa shape index (κ1) is 15.1. The Hall–Kier alpha value is -2.29. The van der Waals surface area contributed by atoms with Crippen molar-refractivity contribution in [3.63, 3.8) is 0 Å². The highest BCUT2D eigenvalue weighted by atomic mass is 16.3. The zero-order valence-corrected chi connectivity index (χ0v) is 12.9. The Kier molecular flexibility index (Phi) is 4.03. The fourth-order valence-corrected chi connectivity index (χ4v) is 2.15. The lowest BCUT2D eigenvalue weighted by Crippen LogP contribution is -2.14. The van der Waals surface area contributed by atoms with E-state index in [0.717, 1.165) is 11.3 Å². The van der Waals surface area contributed by atoms with Crippen LogP contribution < -0.4 is 5.32 Å². The molecule has 2 rings (SSSR count). The number of amides is 1. The average molecular weight is 283 g/mol. The van der Waals surface area contributed by atoms with Crippen LogP contribution in [-0.2, 0) is 5.41 Å². The van der Waals surface area contributed by atoms with E-state index in [-0.39, 0.29) is 17.1 Å². The fraction of sp³-hybridized carbons (Fsp3) is 0.278. The maximum absolute atomic E-state index is 12.2. The number of aryl methyl sites for hydroxylation is 1. The molecule has 0 fully saturated rings. The summed E-state index contributed by atoms with van der Waals surface area (Å²) < 4.78 is 0. The lowest BCUT2D eigenvalue weighted by molar-refractivity contribution is 0.102. The topological polar surface area (TPSA) is 49.3 Å². The zero-order chi connectivity index (χ0) is 15.6. The molecular weight excluding hydrogens is 262 g/mol. The molecule has 0 bridgehead atoms. The molecule has 0 heterocycles. The predicted molar refractivity (Wildman–Crippen MR) is 85.9 cm³/mol. The molecule has 0 saturated carbocycles. The second-order valence-electron chi connectivity index (χ2n) is 6.28. The molecule has 0 atom stereocenters. The third-order valence-electron chi connectivity index (χ3n) is 3.46. The molecule has 21 heavy (non-hydrogen) atoms. The molecule has 0 saturated heterocycles.